The van der Waals surface area contributed by atoms with Gasteiger partial charge in [-0.15, -0.1) is 0 Å². The number of nitrogens with zero attached hydrogens (tertiary/aromatic N) is 4. The zero-order chi connectivity index (χ0) is 23.8. The Balaban J connectivity index is 1.38. The molecule has 0 spiro atoms. The minimum absolute atomic E-state index is 0.373. The first-order valence-electron chi connectivity index (χ1n) is 11.9. The van der Waals surface area contributed by atoms with E-state index in [9.17, 15) is 0 Å². The van der Waals surface area contributed by atoms with Crippen LogP contribution in [0.2, 0.25) is 5.15 Å². The molecular formula is C28H26ClN5O. The summed E-state index contributed by atoms with van der Waals surface area (Å²) >= 11 is 6.61. The number of benzene rings is 2. The first-order chi connectivity index (χ1) is 17.2. The van der Waals surface area contributed by atoms with Gasteiger partial charge in [-0.25, -0.2) is 15.0 Å². The predicted molar refractivity (Wildman–Crippen MR) is 140 cm³/mol. The van der Waals surface area contributed by atoms with E-state index in [1.807, 2.05) is 24.4 Å². The van der Waals surface area contributed by atoms with E-state index in [-0.39, 0.29) is 0 Å². The van der Waals surface area contributed by atoms with Crippen LogP contribution in [0.5, 0.6) is 0 Å². The summed E-state index contributed by atoms with van der Waals surface area (Å²) < 4.78 is 7.26. The largest absolute Gasteiger partial charge is 0.383 e. The summed E-state index contributed by atoms with van der Waals surface area (Å²) in [6, 6.07) is 21.2. The van der Waals surface area contributed by atoms with Crippen LogP contribution >= 0.6 is 11.6 Å². The van der Waals surface area contributed by atoms with E-state index in [0.717, 1.165) is 70.8 Å². The van der Waals surface area contributed by atoms with Crippen LogP contribution < -0.4 is 5.32 Å². The standard InChI is InChI=1S/C28H26ClN5O/c1-35-14-12-30-22-15-21(16-22)28-33-25(26-27(29)31-11-13-34(26)28)20-8-7-19-9-10-23(32-24(19)17-20)18-5-3-2-4-6-18/h2-11,13,17,21-22,30H,12,14-16H2,1H3/t21-,22+. The highest BCUT2D eigenvalue weighted by atomic mass is 35.5. The van der Waals surface area contributed by atoms with Crippen LogP contribution in [-0.2, 0) is 4.74 Å². The highest BCUT2D eigenvalue weighted by Crippen LogP contribution is 2.40. The second kappa shape index (κ2) is 9.38. The van der Waals surface area contributed by atoms with E-state index in [0.29, 0.717) is 17.1 Å². The van der Waals surface area contributed by atoms with Crippen molar-refractivity contribution in [1.82, 2.24) is 24.7 Å². The highest BCUT2D eigenvalue weighted by molar-refractivity contribution is 6.33. The summed E-state index contributed by atoms with van der Waals surface area (Å²) in [5, 5.41) is 5.10. The van der Waals surface area contributed by atoms with Gasteiger partial charge in [-0.3, -0.25) is 4.40 Å². The molecule has 35 heavy (non-hydrogen) atoms. The van der Waals surface area contributed by atoms with Crippen molar-refractivity contribution in [2.75, 3.05) is 20.3 Å². The number of methoxy groups -OCH3 is 1. The van der Waals surface area contributed by atoms with Crippen LogP contribution in [0.1, 0.15) is 24.6 Å². The van der Waals surface area contributed by atoms with Crippen LogP contribution in [0.3, 0.4) is 0 Å². The van der Waals surface area contributed by atoms with Crippen molar-refractivity contribution in [2.24, 2.45) is 0 Å². The quantitative estimate of drug-likeness (QED) is 0.299. The molecule has 1 fully saturated rings. The SMILES string of the molecule is COCCN[C@H]1C[C@@H](c2nc(-c3ccc4ccc(-c5ccccc5)nc4c3)c3c(Cl)nccn32)C1. The number of hydrogen-bond acceptors (Lipinski definition) is 5. The molecule has 2 aromatic carbocycles. The summed E-state index contributed by atoms with van der Waals surface area (Å²) in [4.78, 5) is 14.4. The molecule has 176 valence electrons. The van der Waals surface area contributed by atoms with Crippen molar-refractivity contribution in [1.29, 1.82) is 0 Å². The maximum Gasteiger partial charge on any atom is 0.155 e. The second-order valence-corrected chi connectivity index (χ2v) is 9.40. The number of nitrogens with one attached hydrogen (secondary N) is 1. The molecule has 0 radical (unpaired) electrons. The molecular weight excluding hydrogens is 458 g/mol. The number of fused-ring (bicyclic) bond motifs is 2. The van der Waals surface area contributed by atoms with Gasteiger partial charge in [0.05, 0.1) is 23.5 Å². The maximum atomic E-state index is 6.61. The molecule has 0 unspecified atom stereocenters. The van der Waals surface area contributed by atoms with Crippen LogP contribution in [0.4, 0.5) is 0 Å². The van der Waals surface area contributed by atoms with Crippen molar-refractivity contribution in [3.63, 3.8) is 0 Å². The number of imidazole rings is 1. The summed E-state index contributed by atoms with van der Waals surface area (Å²) in [6.07, 6.45) is 5.79. The van der Waals surface area contributed by atoms with Gasteiger partial charge in [-0.1, -0.05) is 60.1 Å². The Morgan fingerprint density at radius 1 is 1.03 bits per heavy atom. The van der Waals surface area contributed by atoms with Gasteiger partial charge in [-0.05, 0) is 25.0 Å². The Morgan fingerprint density at radius 3 is 2.69 bits per heavy atom. The Hall–Kier alpha value is -3.32. The van der Waals surface area contributed by atoms with Gasteiger partial charge in [0.15, 0.2) is 5.15 Å². The molecule has 3 heterocycles. The number of ether oxygens (including phenoxy) is 1. The molecule has 6 nitrogen and oxygen atoms in total. The summed E-state index contributed by atoms with van der Waals surface area (Å²) in [7, 11) is 1.73. The lowest BCUT2D eigenvalue weighted by Gasteiger charge is -2.35. The zero-order valence-electron chi connectivity index (χ0n) is 19.5. The Bertz CT molecular complexity index is 1490. The van der Waals surface area contributed by atoms with Gasteiger partial charge >= 0.3 is 0 Å². The van der Waals surface area contributed by atoms with Gasteiger partial charge in [0, 0.05) is 54.5 Å². The molecule has 6 rings (SSSR count). The molecule has 0 bridgehead atoms. The lowest BCUT2D eigenvalue weighted by Crippen LogP contribution is -2.42. The van der Waals surface area contributed by atoms with Crippen molar-refractivity contribution >= 4 is 28.0 Å². The molecule has 0 amide bonds. The molecule has 0 atom stereocenters. The third kappa shape index (κ3) is 4.18. The van der Waals surface area contributed by atoms with Crippen LogP contribution in [0.15, 0.2) is 73.1 Å². The summed E-state index contributed by atoms with van der Waals surface area (Å²) in [5.41, 5.74) is 5.66. The zero-order valence-corrected chi connectivity index (χ0v) is 20.2. The third-order valence-electron chi connectivity index (χ3n) is 6.81. The number of halogens is 1. The molecule has 0 aliphatic heterocycles. The van der Waals surface area contributed by atoms with Crippen LogP contribution in [-0.4, -0.2) is 45.7 Å². The second-order valence-electron chi connectivity index (χ2n) is 9.04. The van der Waals surface area contributed by atoms with E-state index in [1.54, 1.807) is 13.3 Å². The monoisotopic (exact) mass is 483 g/mol. The average molecular weight is 484 g/mol. The van der Waals surface area contributed by atoms with E-state index in [2.05, 4.69) is 57.2 Å². The van der Waals surface area contributed by atoms with Crippen LogP contribution in [0.25, 0.3) is 38.9 Å². The molecule has 7 heteroatoms. The van der Waals surface area contributed by atoms with Crippen molar-refractivity contribution in [2.45, 2.75) is 24.8 Å². The molecule has 1 N–H and O–H groups in total. The van der Waals surface area contributed by atoms with Crippen molar-refractivity contribution in [3.8, 4) is 22.5 Å². The van der Waals surface area contributed by atoms with E-state index in [4.69, 9.17) is 26.3 Å². The maximum absolute atomic E-state index is 6.61. The molecule has 5 aromatic rings. The van der Waals surface area contributed by atoms with Crippen molar-refractivity contribution in [3.05, 3.63) is 84.0 Å². The number of rotatable bonds is 7. The lowest BCUT2D eigenvalue weighted by atomic mass is 9.79. The van der Waals surface area contributed by atoms with E-state index in [1.165, 1.54) is 0 Å². The average Bonchev–Trinajstić information content (AvgIpc) is 3.26. The van der Waals surface area contributed by atoms with Gasteiger partial charge in [0.1, 0.15) is 11.3 Å². The Morgan fingerprint density at radius 2 is 1.86 bits per heavy atom. The van der Waals surface area contributed by atoms with Crippen LogP contribution in [0, 0.1) is 0 Å². The lowest BCUT2D eigenvalue weighted by molar-refractivity contribution is 0.183. The molecule has 0 saturated heterocycles. The normalized spacial score (nSPS) is 17.7. The minimum Gasteiger partial charge on any atom is -0.383 e. The summed E-state index contributed by atoms with van der Waals surface area (Å²) in [6.45, 7) is 1.59. The molecule has 1 aliphatic carbocycles. The third-order valence-corrected chi connectivity index (χ3v) is 7.09. The van der Waals surface area contributed by atoms with Gasteiger partial charge in [0.2, 0.25) is 0 Å². The molecule has 3 aromatic heterocycles. The molecule has 1 aliphatic rings. The summed E-state index contributed by atoms with van der Waals surface area (Å²) in [5.74, 6) is 1.41. The predicted octanol–water partition coefficient (Wildman–Crippen LogP) is 5.75. The number of hydrogen-bond donors (Lipinski definition) is 1. The Labute approximate surface area is 209 Å². The fourth-order valence-electron chi connectivity index (χ4n) is 4.91. The smallest absolute Gasteiger partial charge is 0.155 e. The van der Waals surface area contributed by atoms with E-state index < -0.39 is 0 Å². The number of pyridine rings is 1. The minimum atomic E-state index is 0.373. The van der Waals surface area contributed by atoms with Gasteiger partial charge in [0.25, 0.3) is 0 Å². The first kappa shape index (κ1) is 22.2. The molecule has 1 saturated carbocycles. The first-order valence-corrected chi connectivity index (χ1v) is 12.3. The Kier molecular flexibility index (Phi) is 5.94. The highest BCUT2D eigenvalue weighted by Gasteiger charge is 2.34. The number of aromatic nitrogens is 4. The van der Waals surface area contributed by atoms with E-state index >= 15 is 0 Å². The fraction of sp³-hybridized carbons (Fsp3) is 0.250. The fourth-order valence-corrected chi connectivity index (χ4v) is 5.15. The topological polar surface area (TPSA) is 64.3 Å². The van der Waals surface area contributed by atoms with Gasteiger partial charge in [-0.2, -0.15) is 0 Å². The van der Waals surface area contributed by atoms with Crippen molar-refractivity contribution < 1.29 is 4.74 Å². The van der Waals surface area contributed by atoms with Gasteiger partial charge < -0.3 is 10.1 Å².